The van der Waals surface area contributed by atoms with Crippen LogP contribution in [0.1, 0.15) is 43.0 Å². The van der Waals surface area contributed by atoms with Gasteiger partial charge in [0, 0.05) is 6.42 Å². The summed E-state index contributed by atoms with van der Waals surface area (Å²) in [5.41, 5.74) is 2.71. The molecule has 0 fully saturated rings. The SMILES string of the molecule is Cc1ccc(S(=O)(=O)OCCc2ccc(CC(NC(=O)OC(C)(C)C)C(=O)OCc3ccccc3)cc2)cc1. The van der Waals surface area contributed by atoms with Gasteiger partial charge >= 0.3 is 12.1 Å². The third-order valence-electron chi connectivity index (χ3n) is 5.60. The fraction of sp³-hybridized carbons (Fsp3) is 0.333. The first-order chi connectivity index (χ1) is 18.4. The Morgan fingerprint density at radius 1 is 0.846 bits per heavy atom. The number of ether oxygens (including phenoxy) is 2. The van der Waals surface area contributed by atoms with E-state index in [2.05, 4.69) is 5.32 Å². The Bertz CT molecular complexity index is 1330. The van der Waals surface area contributed by atoms with Crippen molar-refractivity contribution in [2.24, 2.45) is 0 Å². The second kappa shape index (κ2) is 13.4. The van der Waals surface area contributed by atoms with Gasteiger partial charge in [-0.05, 0) is 62.9 Å². The molecule has 8 nitrogen and oxygen atoms in total. The predicted octanol–water partition coefficient (Wildman–Crippen LogP) is 5.12. The Kier molecular flexibility index (Phi) is 10.3. The highest BCUT2D eigenvalue weighted by Gasteiger charge is 2.26. The highest BCUT2D eigenvalue weighted by Crippen LogP contribution is 2.15. The van der Waals surface area contributed by atoms with E-state index in [1.807, 2.05) is 61.5 Å². The van der Waals surface area contributed by atoms with E-state index in [9.17, 15) is 18.0 Å². The maximum atomic E-state index is 12.9. The molecule has 0 aliphatic heterocycles. The van der Waals surface area contributed by atoms with E-state index in [0.29, 0.717) is 6.42 Å². The van der Waals surface area contributed by atoms with Gasteiger partial charge in [-0.15, -0.1) is 0 Å². The molecule has 0 aromatic heterocycles. The molecule has 0 aliphatic rings. The van der Waals surface area contributed by atoms with Crippen molar-refractivity contribution >= 4 is 22.2 Å². The molecule has 208 valence electrons. The lowest BCUT2D eigenvalue weighted by Crippen LogP contribution is -2.45. The summed E-state index contributed by atoms with van der Waals surface area (Å²) < 4.78 is 40.7. The van der Waals surface area contributed by atoms with Crippen LogP contribution in [0.5, 0.6) is 0 Å². The van der Waals surface area contributed by atoms with Crippen molar-refractivity contribution in [2.75, 3.05) is 6.61 Å². The Morgan fingerprint density at radius 3 is 2.08 bits per heavy atom. The number of rotatable bonds is 11. The van der Waals surface area contributed by atoms with Gasteiger partial charge in [-0.3, -0.25) is 4.18 Å². The molecule has 1 unspecified atom stereocenters. The largest absolute Gasteiger partial charge is 0.459 e. The van der Waals surface area contributed by atoms with E-state index >= 15 is 0 Å². The fourth-order valence-electron chi connectivity index (χ4n) is 3.59. The minimum atomic E-state index is -3.83. The summed E-state index contributed by atoms with van der Waals surface area (Å²) in [4.78, 5) is 25.4. The number of hydrogen-bond acceptors (Lipinski definition) is 7. The number of alkyl carbamates (subject to hydrolysis) is 1. The second-order valence-corrected chi connectivity index (χ2v) is 11.8. The van der Waals surface area contributed by atoms with Gasteiger partial charge in [0.2, 0.25) is 0 Å². The van der Waals surface area contributed by atoms with Crippen LogP contribution in [0.4, 0.5) is 4.79 Å². The molecular formula is C30H35NO7S. The number of esters is 1. The second-order valence-electron chi connectivity index (χ2n) is 10.2. The summed E-state index contributed by atoms with van der Waals surface area (Å²) in [5.74, 6) is -0.580. The van der Waals surface area contributed by atoms with Gasteiger partial charge in [-0.1, -0.05) is 72.3 Å². The maximum absolute atomic E-state index is 12.9. The molecule has 1 N–H and O–H groups in total. The van der Waals surface area contributed by atoms with Crippen molar-refractivity contribution in [1.82, 2.24) is 5.32 Å². The number of nitrogens with one attached hydrogen (secondary N) is 1. The molecule has 39 heavy (non-hydrogen) atoms. The van der Waals surface area contributed by atoms with Crippen LogP contribution in [-0.4, -0.2) is 38.7 Å². The molecule has 0 bridgehead atoms. The smallest absolute Gasteiger partial charge is 0.408 e. The highest BCUT2D eigenvalue weighted by atomic mass is 32.2. The van der Waals surface area contributed by atoms with E-state index in [4.69, 9.17) is 13.7 Å². The zero-order chi connectivity index (χ0) is 28.5. The molecule has 0 radical (unpaired) electrons. The predicted molar refractivity (Wildman–Crippen MR) is 148 cm³/mol. The number of carbonyl (C=O) groups is 2. The minimum absolute atomic E-state index is 0.00973. The van der Waals surface area contributed by atoms with Crippen LogP contribution in [0.2, 0.25) is 0 Å². The number of hydrogen-bond donors (Lipinski definition) is 1. The summed E-state index contributed by atoms with van der Waals surface area (Å²) in [6.45, 7) is 7.17. The average Bonchev–Trinajstić information content (AvgIpc) is 2.87. The number of carbonyl (C=O) groups excluding carboxylic acids is 2. The monoisotopic (exact) mass is 553 g/mol. The third kappa shape index (κ3) is 10.2. The molecule has 9 heteroatoms. The number of benzene rings is 3. The van der Waals surface area contributed by atoms with Crippen molar-refractivity contribution in [2.45, 2.75) is 63.7 Å². The standard InChI is InChI=1S/C30H35NO7S/c1-22-10-16-26(17-11-22)39(34,35)37-19-18-23-12-14-24(15-13-23)20-27(31-29(33)38-30(2,3)4)28(32)36-21-25-8-6-5-7-9-25/h5-17,27H,18-21H2,1-4H3,(H,31,33). The summed E-state index contributed by atoms with van der Waals surface area (Å²) in [7, 11) is -3.83. The van der Waals surface area contributed by atoms with Crippen molar-refractivity contribution in [3.63, 3.8) is 0 Å². The third-order valence-corrected chi connectivity index (χ3v) is 6.93. The zero-order valence-electron chi connectivity index (χ0n) is 22.7. The normalized spacial score (nSPS) is 12.4. The quantitative estimate of drug-likeness (QED) is 0.259. The van der Waals surface area contributed by atoms with Crippen molar-refractivity contribution < 1.29 is 31.7 Å². The lowest BCUT2D eigenvalue weighted by molar-refractivity contribution is -0.147. The van der Waals surface area contributed by atoms with Crippen LogP contribution in [0.3, 0.4) is 0 Å². The Labute approximate surface area is 230 Å². The molecule has 3 aromatic rings. The van der Waals surface area contributed by atoms with Gasteiger partial charge < -0.3 is 14.8 Å². The van der Waals surface area contributed by atoms with Crippen LogP contribution < -0.4 is 5.32 Å². The lowest BCUT2D eigenvalue weighted by Gasteiger charge is -2.23. The molecule has 3 aromatic carbocycles. The first kappa shape index (κ1) is 29.9. The van der Waals surface area contributed by atoms with Gasteiger partial charge in [0.25, 0.3) is 10.1 Å². The zero-order valence-corrected chi connectivity index (χ0v) is 23.5. The molecule has 0 saturated heterocycles. The topological polar surface area (TPSA) is 108 Å². The Hall–Kier alpha value is -3.69. The average molecular weight is 554 g/mol. The minimum Gasteiger partial charge on any atom is -0.459 e. The van der Waals surface area contributed by atoms with Gasteiger partial charge in [0.1, 0.15) is 18.2 Å². The van der Waals surface area contributed by atoms with Crippen LogP contribution >= 0.6 is 0 Å². The molecule has 0 heterocycles. The summed E-state index contributed by atoms with van der Waals surface area (Å²) in [6.07, 6.45) is -0.150. The summed E-state index contributed by atoms with van der Waals surface area (Å²) in [6, 6.07) is 22.1. The fourth-order valence-corrected chi connectivity index (χ4v) is 4.50. The van der Waals surface area contributed by atoms with Gasteiger partial charge in [0.05, 0.1) is 11.5 Å². The molecule has 0 saturated carbocycles. The molecule has 0 spiro atoms. The van der Waals surface area contributed by atoms with Crippen LogP contribution in [0.25, 0.3) is 0 Å². The lowest BCUT2D eigenvalue weighted by atomic mass is 10.0. The molecule has 1 amide bonds. The number of aryl methyl sites for hydroxylation is 1. The van der Waals surface area contributed by atoms with Crippen molar-refractivity contribution in [3.05, 3.63) is 101 Å². The van der Waals surface area contributed by atoms with Gasteiger partial charge in [-0.2, -0.15) is 8.42 Å². The maximum Gasteiger partial charge on any atom is 0.408 e. The summed E-state index contributed by atoms with van der Waals surface area (Å²) >= 11 is 0. The van der Waals surface area contributed by atoms with E-state index in [1.165, 1.54) is 12.1 Å². The highest BCUT2D eigenvalue weighted by molar-refractivity contribution is 7.86. The van der Waals surface area contributed by atoms with E-state index in [1.54, 1.807) is 32.9 Å². The Morgan fingerprint density at radius 2 is 1.46 bits per heavy atom. The molecule has 1 atom stereocenters. The first-order valence-electron chi connectivity index (χ1n) is 12.7. The molecule has 0 aliphatic carbocycles. The van der Waals surface area contributed by atoms with Crippen LogP contribution in [0.15, 0.2) is 83.8 Å². The van der Waals surface area contributed by atoms with Crippen molar-refractivity contribution in [1.29, 1.82) is 0 Å². The first-order valence-corrected chi connectivity index (χ1v) is 14.1. The van der Waals surface area contributed by atoms with E-state index < -0.39 is 33.8 Å². The molecular weight excluding hydrogens is 518 g/mol. The van der Waals surface area contributed by atoms with Crippen LogP contribution in [0, 0.1) is 6.92 Å². The molecule has 3 rings (SSSR count). The van der Waals surface area contributed by atoms with Gasteiger partial charge in [-0.25, -0.2) is 9.59 Å². The van der Waals surface area contributed by atoms with Crippen molar-refractivity contribution in [3.8, 4) is 0 Å². The van der Waals surface area contributed by atoms with Crippen LogP contribution in [-0.2, 0) is 48.0 Å². The Balaban J connectivity index is 1.60. The summed E-state index contributed by atoms with van der Waals surface area (Å²) in [5, 5.41) is 2.62. The van der Waals surface area contributed by atoms with E-state index in [0.717, 1.165) is 22.3 Å². The van der Waals surface area contributed by atoms with Gasteiger partial charge in [0.15, 0.2) is 0 Å². The van der Waals surface area contributed by atoms with E-state index in [-0.39, 0.29) is 24.5 Å². The number of amides is 1.